The minimum absolute atomic E-state index is 0.195. The third-order valence-corrected chi connectivity index (χ3v) is 3.37. The molecule has 22 heavy (non-hydrogen) atoms. The van der Waals surface area contributed by atoms with Crippen LogP contribution in [0.1, 0.15) is 21.5 Å². The fourth-order valence-electron chi connectivity index (χ4n) is 2.29. The minimum atomic E-state index is -0.610. The Kier molecular flexibility index (Phi) is 6.13. The molecule has 1 atom stereocenters. The van der Waals surface area contributed by atoms with Crippen molar-refractivity contribution in [1.29, 1.82) is 0 Å². The van der Waals surface area contributed by atoms with E-state index in [4.69, 9.17) is 4.74 Å². The molecule has 0 saturated heterocycles. The molecule has 0 aliphatic heterocycles. The monoisotopic (exact) mass is 299 g/mol. The van der Waals surface area contributed by atoms with Crippen LogP contribution in [0.2, 0.25) is 0 Å². The first kappa shape index (κ1) is 16.2. The average molecular weight is 299 g/mol. The third kappa shape index (κ3) is 4.69. The van der Waals surface area contributed by atoms with E-state index in [2.05, 4.69) is 5.32 Å². The van der Waals surface area contributed by atoms with E-state index in [-0.39, 0.29) is 12.5 Å². The zero-order valence-corrected chi connectivity index (χ0v) is 12.7. The molecular weight excluding hydrogens is 278 g/mol. The van der Waals surface area contributed by atoms with Gasteiger partial charge in [0.25, 0.3) is 5.91 Å². The Hall–Kier alpha value is -2.17. The van der Waals surface area contributed by atoms with E-state index in [0.717, 1.165) is 11.1 Å². The number of amides is 1. The van der Waals surface area contributed by atoms with Gasteiger partial charge in [0.1, 0.15) is 0 Å². The summed E-state index contributed by atoms with van der Waals surface area (Å²) < 4.78 is 5.09. The Morgan fingerprint density at radius 1 is 1.14 bits per heavy atom. The molecule has 4 heteroatoms. The number of benzene rings is 2. The second-order valence-electron chi connectivity index (χ2n) is 5.14. The van der Waals surface area contributed by atoms with Crippen molar-refractivity contribution in [2.24, 2.45) is 0 Å². The first-order chi connectivity index (χ1) is 10.7. The van der Waals surface area contributed by atoms with Crippen LogP contribution in [0, 0.1) is 0 Å². The standard InChI is InChI=1S/C18H21NO3/c1-22-13-15-9-5-6-10-17(15)18(21)19-12-16(20)11-14-7-3-2-4-8-14/h2-10,16,20H,11-13H2,1H3,(H,19,21). The molecule has 0 heterocycles. The first-order valence-corrected chi connectivity index (χ1v) is 7.27. The van der Waals surface area contributed by atoms with Crippen LogP contribution in [0.4, 0.5) is 0 Å². The summed E-state index contributed by atoms with van der Waals surface area (Å²) in [6.07, 6.45) is -0.0955. The van der Waals surface area contributed by atoms with Gasteiger partial charge in [0, 0.05) is 25.6 Å². The molecule has 0 fully saturated rings. The molecule has 0 aromatic heterocycles. The lowest BCUT2D eigenvalue weighted by Gasteiger charge is -2.13. The topological polar surface area (TPSA) is 58.6 Å². The average Bonchev–Trinajstić information content (AvgIpc) is 2.54. The van der Waals surface area contributed by atoms with E-state index in [9.17, 15) is 9.90 Å². The van der Waals surface area contributed by atoms with Crippen molar-refractivity contribution >= 4 is 5.91 Å². The molecule has 2 aromatic carbocycles. The normalized spacial score (nSPS) is 11.9. The molecule has 116 valence electrons. The fraction of sp³-hybridized carbons (Fsp3) is 0.278. The van der Waals surface area contributed by atoms with Gasteiger partial charge in [0.15, 0.2) is 0 Å². The van der Waals surface area contributed by atoms with Crippen LogP contribution >= 0.6 is 0 Å². The highest BCUT2D eigenvalue weighted by atomic mass is 16.5. The van der Waals surface area contributed by atoms with E-state index in [1.807, 2.05) is 48.5 Å². The van der Waals surface area contributed by atoms with Crippen LogP contribution in [-0.2, 0) is 17.8 Å². The number of carbonyl (C=O) groups excluding carboxylic acids is 1. The van der Waals surface area contributed by atoms with Crippen molar-refractivity contribution in [1.82, 2.24) is 5.32 Å². The molecule has 4 nitrogen and oxygen atoms in total. The zero-order chi connectivity index (χ0) is 15.8. The maximum Gasteiger partial charge on any atom is 0.251 e. The van der Waals surface area contributed by atoms with Crippen LogP contribution in [0.5, 0.6) is 0 Å². The van der Waals surface area contributed by atoms with E-state index >= 15 is 0 Å². The second-order valence-corrected chi connectivity index (χ2v) is 5.14. The van der Waals surface area contributed by atoms with Crippen LogP contribution in [0.15, 0.2) is 54.6 Å². The summed E-state index contributed by atoms with van der Waals surface area (Å²) in [7, 11) is 1.60. The van der Waals surface area contributed by atoms with Gasteiger partial charge in [0.05, 0.1) is 12.7 Å². The van der Waals surface area contributed by atoms with Crippen molar-refractivity contribution in [3.8, 4) is 0 Å². The van der Waals surface area contributed by atoms with Crippen molar-refractivity contribution in [2.45, 2.75) is 19.1 Å². The van der Waals surface area contributed by atoms with E-state index in [1.54, 1.807) is 13.2 Å². The summed E-state index contributed by atoms with van der Waals surface area (Å²) in [5, 5.41) is 12.8. The lowest BCUT2D eigenvalue weighted by atomic mass is 10.1. The summed E-state index contributed by atoms with van der Waals surface area (Å²) in [5.41, 5.74) is 2.46. The molecule has 0 aliphatic carbocycles. The molecule has 0 radical (unpaired) electrons. The van der Waals surface area contributed by atoms with E-state index < -0.39 is 6.10 Å². The lowest BCUT2D eigenvalue weighted by molar-refractivity contribution is 0.0911. The van der Waals surface area contributed by atoms with Gasteiger partial charge in [-0.1, -0.05) is 48.5 Å². The van der Waals surface area contributed by atoms with Crippen molar-refractivity contribution in [3.63, 3.8) is 0 Å². The van der Waals surface area contributed by atoms with Crippen LogP contribution in [0.3, 0.4) is 0 Å². The molecule has 0 spiro atoms. The summed E-state index contributed by atoms with van der Waals surface area (Å²) in [4.78, 5) is 12.2. The Bertz CT molecular complexity index is 598. The Morgan fingerprint density at radius 3 is 2.55 bits per heavy atom. The van der Waals surface area contributed by atoms with Crippen LogP contribution < -0.4 is 5.32 Å². The van der Waals surface area contributed by atoms with Gasteiger partial charge in [-0.2, -0.15) is 0 Å². The maximum atomic E-state index is 12.2. The van der Waals surface area contributed by atoms with Gasteiger partial charge < -0.3 is 15.2 Å². The number of aliphatic hydroxyl groups is 1. The van der Waals surface area contributed by atoms with Crippen molar-refractivity contribution in [3.05, 3.63) is 71.3 Å². The Labute approximate surface area is 130 Å². The molecule has 2 N–H and O–H groups in total. The smallest absolute Gasteiger partial charge is 0.251 e. The summed E-state index contributed by atoms with van der Waals surface area (Å²) >= 11 is 0. The third-order valence-electron chi connectivity index (χ3n) is 3.37. The molecule has 2 rings (SSSR count). The number of hydrogen-bond donors (Lipinski definition) is 2. The number of methoxy groups -OCH3 is 1. The first-order valence-electron chi connectivity index (χ1n) is 7.27. The van der Waals surface area contributed by atoms with Crippen LogP contribution in [0.25, 0.3) is 0 Å². The molecule has 1 amide bonds. The Morgan fingerprint density at radius 2 is 1.82 bits per heavy atom. The fourth-order valence-corrected chi connectivity index (χ4v) is 2.29. The minimum Gasteiger partial charge on any atom is -0.391 e. The number of carbonyl (C=O) groups is 1. The quantitative estimate of drug-likeness (QED) is 0.824. The molecule has 2 aromatic rings. The summed E-state index contributed by atoms with van der Waals surface area (Å²) in [5.74, 6) is -0.195. The van der Waals surface area contributed by atoms with Gasteiger partial charge in [0.2, 0.25) is 0 Å². The maximum absolute atomic E-state index is 12.2. The predicted molar refractivity (Wildman–Crippen MR) is 85.6 cm³/mol. The van der Waals surface area contributed by atoms with Gasteiger partial charge in [-0.3, -0.25) is 4.79 Å². The predicted octanol–water partition coefficient (Wildman–Crippen LogP) is 2.17. The number of nitrogens with one attached hydrogen (secondary N) is 1. The molecule has 0 aliphatic rings. The summed E-state index contributed by atoms with van der Waals surface area (Å²) in [6.45, 7) is 0.602. The highest BCUT2D eigenvalue weighted by Crippen LogP contribution is 2.10. The van der Waals surface area contributed by atoms with E-state index in [1.165, 1.54) is 0 Å². The molecule has 0 bridgehead atoms. The zero-order valence-electron chi connectivity index (χ0n) is 12.7. The molecular formula is C18H21NO3. The van der Waals surface area contributed by atoms with Crippen molar-refractivity contribution in [2.75, 3.05) is 13.7 Å². The number of rotatable bonds is 7. The SMILES string of the molecule is COCc1ccccc1C(=O)NCC(O)Cc1ccccc1. The number of aliphatic hydroxyl groups excluding tert-OH is 1. The molecule has 1 unspecified atom stereocenters. The van der Waals surface area contributed by atoms with Gasteiger partial charge in [-0.15, -0.1) is 0 Å². The number of ether oxygens (including phenoxy) is 1. The lowest BCUT2D eigenvalue weighted by Crippen LogP contribution is -2.33. The number of hydrogen-bond acceptors (Lipinski definition) is 3. The van der Waals surface area contributed by atoms with E-state index in [0.29, 0.717) is 18.6 Å². The largest absolute Gasteiger partial charge is 0.391 e. The van der Waals surface area contributed by atoms with Crippen molar-refractivity contribution < 1.29 is 14.6 Å². The second kappa shape index (κ2) is 8.32. The summed E-state index contributed by atoms with van der Waals surface area (Å²) in [6, 6.07) is 17.0. The van der Waals surface area contributed by atoms with Gasteiger partial charge in [-0.25, -0.2) is 0 Å². The molecule has 0 saturated carbocycles. The van der Waals surface area contributed by atoms with Gasteiger partial charge in [-0.05, 0) is 17.2 Å². The Balaban J connectivity index is 1.90. The van der Waals surface area contributed by atoms with Gasteiger partial charge >= 0.3 is 0 Å². The highest BCUT2D eigenvalue weighted by molar-refractivity contribution is 5.95. The highest BCUT2D eigenvalue weighted by Gasteiger charge is 2.12. The van der Waals surface area contributed by atoms with Crippen LogP contribution in [-0.4, -0.2) is 30.8 Å².